The monoisotopic (exact) mass is 263 g/mol. The standard InChI is InChI=1S/C13H17N3O3/c1-8-5-6-12(16(18)19)9(7-8)13(17)15-11-4-2-3-10(11)14/h5-7,10-11H,2-4,14H2,1H3,(H,15,17). The number of aryl methyl sites for hydroxylation is 1. The van der Waals surface area contributed by atoms with Crippen molar-refractivity contribution in [3.63, 3.8) is 0 Å². The van der Waals surface area contributed by atoms with Crippen LogP contribution >= 0.6 is 0 Å². The molecule has 102 valence electrons. The summed E-state index contributed by atoms with van der Waals surface area (Å²) in [6, 6.07) is 4.36. The van der Waals surface area contributed by atoms with Gasteiger partial charge in [-0.15, -0.1) is 0 Å². The van der Waals surface area contributed by atoms with E-state index in [1.807, 2.05) is 0 Å². The van der Waals surface area contributed by atoms with Crippen LogP contribution in [0.2, 0.25) is 0 Å². The Labute approximate surface area is 111 Å². The number of benzene rings is 1. The van der Waals surface area contributed by atoms with Gasteiger partial charge in [0.15, 0.2) is 0 Å². The van der Waals surface area contributed by atoms with E-state index in [0.29, 0.717) is 0 Å². The number of nitrogens with one attached hydrogen (secondary N) is 1. The summed E-state index contributed by atoms with van der Waals surface area (Å²) >= 11 is 0. The Hall–Kier alpha value is -1.95. The van der Waals surface area contributed by atoms with E-state index >= 15 is 0 Å². The first-order valence-corrected chi connectivity index (χ1v) is 6.30. The van der Waals surface area contributed by atoms with Crippen molar-refractivity contribution in [3.8, 4) is 0 Å². The third kappa shape index (κ3) is 2.90. The quantitative estimate of drug-likeness (QED) is 0.638. The summed E-state index contributed by atoms with van der Waals surface area (Å²) in [5.41, 5.74) is 6.63. The summed E-state index contributed by atoms with van der Waals surface area (Å²) in [5.74, 6) is -0.419. The molecule has 0 aromatic heterocycles. The molecular weight excluding hydrogens is 246 g/mol. The van der Waals surface area contributed by atoms with Crippen LogP contribution < -0.4 is 11.1 Å². The maximum absolute atomic E-state index is 12.2. The molecule has 0 saturated heterocycles. The van der Waals surface area contributed by atoms with Gasteiger partial charge < -0.3 is 11.1 Å². The van der Waals surface area contributed by atoms with Crippen molar-refractivity contribution in [3.05, 3.63) is 39.4 Å². The number of hydrogen-bond donors (Lipinski definition) is 2. The summed E-state index contributed by atoms with van der Waals surface area (Å²) in [6.45, 7) is 1.79. The molecular formula is C13H17N3O3. The van der Waals surface area contributed by atoms with Gasteiger partial charge in [-0.2, -0.15) is 0 Å². The van der Waals surface area contributed by atoms with E-state index in [-0.39, 0.29) is 23.3 Å². The number of nitro groups is 1. The molecule has 1 amide bonds. The highest BCUT2D eigenvalue weighted by molar-refractivity contribution is 5.98. The highest BCUT2D eigenvalue weighted by atomic mass is 16.6. The number of rotatable bonds is 3. The molecule has 0 bridgehead atoms. The fourth-order valence-corrected chi connectivity index (χ4v) is 2.41. The molecule has 2 unspecified atom stereocenters. The topological polar surface area (TPSA) is 98.3 Å². The second-order valence-corrected chi connectivity index (χ2v) is 4.95. The van der Waals surface area contributed by atoms with Crippen molar-refractivity contribution in [1.82, 2.24) is 5.32 Å². The fourth-order valence-electron chi connectivity index (χ4n) is 2.41. The largest absolute Gasteiger partial charge is 0.348 e. The average Bonchev–Trinajstić information content (AvgIpc) is 2.74. The van der Waals surface area contributed by atoms with Crippen molar-refractivity contribution in [2.45, 2.75) is 38.3 Å². The van der Waals surface area contributed by atoms with Crippen molar-refractivity contribution in [2.24, 2.45) is 5.73 Å². The molecule has 6 nitrogen and oxygen atoms in total. The van der Waals surface area contributed by atoms with E-state index in [1.54, 1.807) is 13.0 Å². The highest BCUT2D eigenvalue weighted by Crippen LogP contribution is 2.22. The molecule has 0 radical (unpaired) electrons. The van der Waals surface area contributed by atoms with Crippen molar-refractivity contribution in [2.75, 3.05) is 0 Å². The minimum atomic E-state index is -0.539. The lowest BCUT2D eigenvalue weighted by Gasteiger charge is -2.17. The lowest BCUT2D eigenvalue weighted by Crippen LogP contribution is -2.44. The second-order valence-electron chi connectivity index (χ2n) is 4.95. The molecule has 0 spiro atoms. The molecule has 1 saturated carbocycles. The number of carbonyl (C=O) groups excluding carboxylic acids is 1. The van der Waals surface area contributed by atoms with Crippen LogP contribution in [0.5, 0.6) is 0 Å². The first kappa shape index (κ1) is 13.5. The van der Waals surface area contributed by atoms with Crippen molar-refractivity contribution in [1.29, 1.82) is 0 Å². The van der Waals surface area contributed by atoms with Gasteiger partial charge in [-0.1, -0.05) is 6.07 Å². The Morgan fingerprint density at radius 1 is 1.47 bits per heavy atom. The molecule has 1 aromatic rings. The normalized spacial score (nSPS) is 22.2. The number of hydrogen-bond acceptors (Lipinski definition) is 4. The number of amides is 1. The van der Waals surface area contributed by atoms with Crippen molar-refractivity contribution < 1.29 is 9.72 Å². The molecule has 19 heavy (non-hydrogen) atoms. The molecule has 3 N–H and O–H groups in total. The van der Waals surface area contributed by atoms with Gasteiger partial charge in [0, 0.05) is 18.2 Å². The molecule has 1 aliphatic rings. The summed E-state index contributed by atoms with van der Waals surface area (Å²) in [7, 11) is 0. The highest BCUT2D eigenvalue weighted by Gasteiger charge is 2.28. The Morgan fingerprint density at radius 2 is 2.21 bits per heavy atom. The first-order valence-electron chi connectivity index (χ1n) is 6.30. The lowest BCUT2D eigenvalue weighted by atomic mass is 10.1. The third-order valence-corrected chi connectivity index (χ3v) is 3.48. The summed E-state index contributed by atoms with van der Waals surface area (Å²) < 4.78 is 0. The zero-order valence-corrected chi connectivity index (χ0v) is 10.8. The molecule has 2 atom stereocenters. The number of carbonyl (C=O) groups is 1. The van der Waals surface area contributed by atoms with E-state index in [1.165, 1.54) is 12.1 Å². The Kier molecular flexibility index (Phi) is 3.80. The molecule has 1 aliphatic carbocycles. The maximum atomic E-state index is 12.2. The number of nitrogens with zero attached hydrogens (tertiary/aromatic N) is 1. The number of nitro benzene ring substituents is 1. The van der Waals surface area contributed by atoms with Crippen LogP contribution in [-0.4, -0.2) is 22.9 Å². The van der Waals surface area contributed by atoms with Crippen LogP contribution in [0.1, 0.15) is 35.2 Å². The minimum absolute atomic E-state index is 0.0622. The van der Waals surface area contributed by atoms with Crippen LogP contribution in [0.25, 0.3) is 0 Å². The molecule has 6 heteroatoms. The van der Waals surface area contributed by atoms with Gasteiger partial charge >= 0.3 is 0 Å². The van der Waals surface area contributed by atoms with Crippen LogP contribution in [0.3, 0.4) is 0 Å². The molecule has 0 heterocycles. The second kappa shape index (κ2) is 5.36. The van der Waals surface area contributed by atoms with E-state index in [2.05, 4.69) is 5.32 Å². The Bertz CT molecular complexity index is 516. The van der Waals surface area contributed by atoms with Gasteiger partial charge in [0.2, 0.25) is 0 Å². The van der Waals surface area contributed by atoms with Gasteiger partial charge in [0.05, 0.1) is 4.92 Å². The maximum Gasteiger partial charge on any atom is 0.282 e. The summed E-state index contributed by atoms with van der Waals surface area (Å²) in [4.78, 5) is 22.6. The van der Waals surface area contributed by atoms with E-state index in [0.717, 1.165) is 24.8 Å². The fraction of sp³-hybridized carbons (Fsp3) is 0.462. The lowest BCUT2D eigenvalue weighted by molar-refractivity contribution is -0.385. The van der Waals surface area contributed by atoms with Crippen LogP contribution in [-0.2, 0) is 0 Å². The number of nitrogens with two attached hydrogens (primary N) is 1. The predicted molar refractivity (Wildman–Crippen MR) is 70.9 cm³/mol. The molecule has 0 aliphatic heterocycles. The molecule has 1 aromatic carbocycles. The molecule has 2 rings (SSSR count). The summed E-state index contributed by atoms with van der Waals surface area (Å²) in [5, 5.41) is 13.7. The first-order chi connectivity index (χ1) is 8.99. The van der Waals surface area contributed by atoms with Crippen LogP contribution in [0.4, 0.5) is 5.69 Å². The van der Waals surface area contributed by atoms with Crippen molar-refractivity contribution >= 4 is 11.6 Å². The predicted octanol–water partition coefficient (Wildman–Crippen LogP) is 1.51. The third-order valence-electron chi connectivity index (χ3n) is 3.48. The molecule has 1 fully saturated rings. The average molecular weight is 263 g/mol. The van der Waals surface area contributed by atoms with Crippen LogP contribution in [0.15, 0.2) is 18.2 Å². The van der Waals surface area contributed by atoms with E-state index in [9.17, 15) is 14.9 Å². The zero-order valence-electron chi connectivity index (χ0n) is 10.8. The van der Waals surface area contributed by atoms with Gasteiger partial charge in [-0.25, -0.2) is 0 Å². The van der Waals surface area contributed by atoms with Gasteiger partial charge in [0.25, 0.3) is 11.6 Å². The smallest absolute Gasteiger partial charge is 0.282 e. The minimum Gasteiger partial charge on any atom is -0.348 e. The SMILES string of the molecule is Cc1ccc([N+](=O)[O-])c(C(=O)NC2CCCC2N)c1. The Balaban J connectivity index is 2.22. The van der Waals surface area contributed by atoms with E-state index in [4.69, 9.17) is 5.73 Å². The van der Waals surface area contributed by atoms with Crippen LogP contribution in [0, 0.1) is 17.0 Å². The zero-order chi connectivity index (χ0) is 14.0. The van der Waals surface area contributed by atoms with E-state index < -0.39 is 10.8 Å². The van der Waals surface area contributed by atoms with Gasteiger partial charge in [0.1, 0.15) is 5.56 Å². The van der Waals surface area contributed by atoms with Gasteiger partial charge in [-0.3, -0.25) is 14.9 Å². The van der Waals surface area contributed by atoms with Gasteiger partial charge in [-0.05, 0) is 37.8 Å². The summed E-state index contributed by atoms with van der Waals surface area (Å²) in [6.07, 6.45) is 2.68. The Morgan fingerprint density at radius 3 is 2.79 bits per heavy atom.